The van der Waals surface area contributed by atoms with Crippen molar-refractivity contribution in [2.24, 2.45) is 0 Å². The number of nitrogens with one attached hydrogen (secondary N) is 1. The lowest BCUT2D eigenvalue weighted by Gasteiger charge is -2.13. The molecule has 0 aromatic heterocycles. The third-order valence-corrected chi connectivity index (χ3v) is 5.66. The van der Waals surface area contributed by atoms with E-state index < -0.39 is 28.5 Å². The molecule has 0 atom stereocenters. The number of amides is 1. The molecule has 0 spiro atoms. The molecule has 0 aliphatic rings. The van der Waals surface area contributed by atoms with E-state index in [-0.39, 0.29) is 4.90 Å². The van der Waals surface area contributed by atoms with E-state index in [1.54, 1.807) is 30.3 Å². The first-order valence-electron chi connectivity index (χ1n) is 8.38. The SMILES string of the molecule is CN(C)c1ccc(C(=O)OCC(=O)Nc2cccc(S(=O)(=O)N(C)C)c2)cc1. The predicted octanol–water partition coefficient (Wildman–Crippen LogP) is 1.80. The van der Waals surface area contributed by atoms with Gasteiger partial charge in [-0.1, -0.05) is 6.07 Å². The van der Waals surface area contributed by atoms with E-state index in [1.807, 2.05) is 19.0 Å². The average molecular weight is 405 g/mol. The third-order valence-electron chi connectivity index (χ3n) is 3.85. The van der Waals surface area contributed by atoms with Crippen LogP contribution in [0.2, 0.25) is 0 Å². The Morgan fingerprint density at radius 1 is 1.00 bits per heavy atom. The molecule has 0 unspecified atom stereocenters. The van der Waals surface area contributed by atoms with Crippen LogP contribution >= 0.6 is 0 Å². The number of anilines is 2. The van der Waals surface area contributed by atoms with E-state index in [0.717, 1.165) is 9.99 Å². The summed E-state index contributed by atoms with van der Waals surface area (Å²) in [5, 5.41) is 2.52. The van der Waals surface area contributed by atoms with Gasteiger partial charge in [0.25, 0.3) is 5.91 Å². The molecule has 9 heteroatoms. The Hall–Kier alpha value is -2.91. The lowest BCUT2D eigenvalue weighted by atomic mass is 10.2. The number of ether oxygens (including phenoxy) is 1. The summed E-state index contributed by atoms with van der Waals surface area (Å²) >= 11 is 0. The maximum absolute atomic E-state index is 12.1. The van der Waals surface area contributed by atoms with Gasteiger partial charge in [0.05, 0.1) is 10.5 Å². The Balaban J connectivity index is 1.96. The molecular weight excluding hydrogens is 382 g/mol. The zero-order valence-electron chi connectivity index (χ0n) is 16.2. The van der Waals surface area contributed by atoms with E-state index in [2.05, 4.69) is 5.32 Å². The number of sulfonamides is 1. The molecule has 150 valence electrons. The minimum atomic E-state index is -3.61. The van der Waals surface area contributed by atoms with Crippen LogP contribution in [-0.2, 0) is 19.6 Å². The van der Waals surface area contributed by atoms with Crippen molar-refractivity contribution in [1.82, 2.24) is 4.31 Å². The molecule has 0 bridgehead atoms. The van der Waals surface area contributed by atoms with Crippen LogP contribution in [0.25, 0.3) is 0 Å². The van der Waals surface area contributed by atoms with Gasteiger partial charge in [-0.3, -0.25) is 4.79 Å². The number of rotatable bonds is 7. The minimum Gasteiger partial charge on any atom is -0.452 e. The molecule has 2 rings (SSSR count). The molecule has 2 aromatic carbocycles. The van der Waals surface area contributed by atoms with Crippen molar-refractivity contribution < 1.29 is 22.7 Å². The van der Waals surface area contributed by atoms with Gasteiger partial charge < -0.3 is 15.0 Å². The maximum Gasteiger partial charge on any atom is 0.338 e. The topological polar surface area (TPSA) is 96.0 Å². The third kappa shape index (κ3) is 5.30. The quantitative estimate of drug-likeness (QED) is 0.706. The fourth-order valence-electron chi connectivity index (χ4n) is 2.25. The lowest BCUT2D eigenvalue weighted by Crippen LogP contribution is -2.23. The van der Waals surface area contributed by atoms with Gasteiger partial charge in [0.15, 0.2) is 6.61 Å². The number of benzene rings is 2. The lowest BCUT2D eigenvalue weighted by molar-refractivity contribution is -0.119. The van der Waals surface area contributed by atoms with Crippen LogP contribution in [0.15, 0.2) is 53.4 Å². The molecule has 2 aromatic rings. The molecule has 0 radical (unpaired) electrons. The van der Waals surface area contributed by atoms with E-state index in [9.17, 15) is 18.0 Å². The number of carbonyl (C=O) groups excluding carboxylic acids is 2. The van der Waals surface area contributed by atoms with E-state index in [4.69, 9.17) is 4.74 Å². The van der Waals surface area contributed by atoms with Crippen molar-refractivity contribution >= 4 is 33.3 Å². The highest BCUT2D eigenvalue weighted by Crippen LogP contribution is 2.18. The second-order valence-electron chi connectivity index (χ2n) is 6.38. The minimum absolute atomic E-state index is 0.0493. The first-order valence-corrected chi connectivity index (χ1v) is 9.82. The Labute approximate surface area is 164 Å². The second-order valence-corrected chi connectivity index (χ2v) is 8.53. The summed E-state index contributed by atoms with van der Waals surface area (Å²) in [7, 11) is 3.00. The van der Waals surface area contributed by atoms with Crippen LogP contribution in [0.5, 0.6) is 0 Å². The van der Waals surface area contributed by atoms with Crippen molar-refractivity contribution in [2.45, 2.75) is 4.90 Å². The van der Waals surface area contributed by atoms with Crippen LogP contribution in [0, 0.1) is 0 Å². The summed E-state index contributed by atoms with van der Waals surface area (Å²) in [6.45, 7) is -0.487. The zero-order valence-corrected chi connectivity index (χ0v) is 17.0. The Kier molecular flexibility index (Phi) is 6.76. The van der Waals surface area contributed by atoms with E-state index in [1.165, 1.54) is 32.3 Å². The average Bonchev–Trinajstić information content (AvgIpc) is 2.66. The van der Waals surface area contributed by atoms with Crippen molar-refractivity contribution in [3.63, 3.8) is 0 Å². The van der Waals surface area contributed by atoms with E-state index in [0.29, 0.717) is 11.3 Å². The molecule has 0 aliphatic carbocycles. The van der Waals surface area contributed by atoms with Gasteiger partial charge in [0, 0.05) is 39.6 Å². The summed E-state index contributed by atoms with van der Waals surface area (Å²) in [5.41, 5.74) is 1.55. The molecule has 0 heterocycles. The molecule has 0 fully saturated rings. The van der Waals surface area contributed by atoms with Gasteiger partial charge in [0.2, 0.25) is 10.0 Å². The molecule has 0 saturated heterocycles. The van der Waals surface area contributed by atoms with Gasteiger partial charge >= 0.3 is 5.97 Å². The summed E-state index contributed by atoms with van der Waals surface area (Å²) in [5.74, 6) is -1.19. The molecular formula is C19H23N3O5S. The fourth-order valence-corrected chi connectivity index (χ4v) is 3.20. The molecule has 1 N–H and O–H groups in total. The van der Waals surface area contributed by atoms with Gasteiger partial charge in [-0.05, 0) is 42.5 Å². The summed E-state index contributed by atoms with van der Waals surface area (Å²) < 4.78 is 30.4. The van der Waals surface area contributed by atoms with Crippen molar-refractivity contribution in [2.75, 3.05) is 45.0 Å². The smallest absolute Gasteiger partial charge is 0.338 e. The monoisotopic (exact) mass is 405 g/mol. The van der Waals surface area contributed by atoms with Crippen molar-refractivity contribution in [3.05, 3.63) is 54.1 Å². The number of nitrogens with zero attached hydrogens (tertiary/aromatic N) is 2. The van der Waals surface area contributed by atoms with Crippen LogP contribution < -0.4 is 10.2 Å². The fraction of sp³-hybridized carbons (Fsp3) is 0.263. The Bertz CT molecular complexity index is 954. The highest BCUT2D eigenvalue weighted by Gasteiger charge is 2.18. The van der Waals surface area contributed by atoms with Crippen LogP contribution in [0.4, 0.5) is 11.4 Å². The zero-order chi connectivity index (χ0) is 20.9. The second kappa shape index (κ2) is 8.85. The van der Waals surface area contributed by atoms with Crippen LogP contribution in [-0.4, -0.2) is 59.4 Å². The molecule has 8 nitrogen and oxygen atoms in total. The number of carbonyl (C=O) groups is 2. The van der Waals surface area contributed by atoms with Crippen LogP contribution in [0.1, 0.15) is 10.4 Å². The predicted molar refractivity (Wildman–Crippen MR) is 107 cm³/mol. The Morgan fingerprint density at radius 2 is 1.64 bits per heavy atom. The van der Waals surface area contributed by atoms with Gasteiger partial charge in [0.1, 0.15) is 0 Å². The van der Waals surface area contributed by atoms with Crippen LogP contribution in [0.3, 0.4) is 0 Å². The van der Waals surface area contributed by atoms with E-state index >= 15 is 0 Å². The molecule has 0 aliphatic heterocycles. The van der Waals surface area contributed by atoms with Crippen molar-refractivity contribution in [1.29, 1.82) is 0 Å². The number of hydrogen-bond acceptors (Lipinski definition) is 6. The number of esters is 1. The summed E-state index contributed by atoms with van der Waals surface area (Å²) in [6.07, 6.45) is 0. The highest BCUT2D eigenvalue weighted by atomic mass is 32.2. The normalized spacial score (nSPS) is 11.2. The molecule has 28 heavy (non-hydrogen) atoms. The first-order chi connectivity index (χ1) is 13.1. The first kappa shape index (κ1) is 21.4. The van der Waals surface area contributed by atoms with Crippen molar-refractivity contribution in [3.8, 4) is 0 Å². The van der Waals surface area contributed by atoms with Gasteiger partial charge in [-0.2, -0.15) is 0 Å². The van der Waals surface area contributed by atoms with Gasteiger partial charge in [-0.15, -0.1) is 0 Å². The number of hydrogen-bond donors (Lipinski definition) is 1. The largest absolute Gasteiger partial charge is 0.452 e. The highest BCUT2D eigenvalue weighted by molar-refractivity contribution is 7.89. The standard InChI is InChI=1S/C19H23N3O5S/c1-21(2)16-10-8-14(9-11-16)19(24)27-13-18(23)20-15-6-5-7-17(12-15)28(25,26)22(3)4/h5-12H,13H2,1-4H3,(H,20,23). The molecule has 0 saturated carbocycles. The summed E-state index contributed by atoms with van der Waals surface area (Å²) in [6, 6.07) is 12.6. The molecule has 1 amide bonds. The Morgan fingerprint density at radius 3 is 2.21 bits per heavy atom. The van der Waals surface area contributed by atoms with Gasteiger partial charge in [-0.25, -0.2) is 17.5 Å². The maximum atomic E-state index is 12.1. The summed E-state index contributed by atoms with van der Waals surface area (Å²) in [4.78, 5) is 26.0.